The van der Waals surface area contributed by atoms with Crippen LogP contribution in [-0.2, 0) is 0 Å². The van der Waals surface area contributed by atoms with Crippen molar-refractivity contribution in [1.29, 1.82) is 0 Å². The Balaban J connectivity index is 2.32. The van der Waals surface area contributed by atoms with Crippen molar-refractivity contribution in [3.8, 4) is 17.4 Å². The fraction of sp³-hybridized carbons (Fsp3) is 0.154. The molecule has 1 aromatic carbocycles. The van der Waals surface area contributed by atoms with Crippen molar-refractivity contribution in [3.05, 3.63) is 42.1 Å². The average Bonchev–Trinajstić information content (AvgIpc) is 2.35. The molecule has 0 fully saturated rings. The molecule has 0 bridgehead atoms. The van der Waals surface area contributed by atoms with Crippen LogP contribution in [0.15, 0.2) is 36.5 Å². The van der Waals surface area contributed by atoms with Gasteiger partial charge in [0, 0.05) is 17.8 Å². The molecular formula is C13H14N2O2. The maximum atomic E-state index is 5.83. The van der Waals surface area contributed by atoms with Crippen LogP contribution in [0.5, 0.6) is 17.4 Å². The third kappa shape index (κ3) is 2.47. The summed E-state index contributed by atoms with van der Waals surface area (Å²) in [5.74, 6) is 1.79. The van der Waals surface area contributed by atoms with Crippen molar-refractivity contribution in [2.75, 3.05) is 12.8 Å². The molecule has 2 N–H and O–H groups in total. The molecule has 0 atom stereocenters. The lowest BCUT2D eigenvalue weighted by atomic mass is 10.2. The molecule has 0 spiro atoms. The second-order valence-corrected chi connectivity index (χ2v) is 3.63. The molecule has 2 aromatic rings. The number of aryl methyl sites for hydroxylation is 1. The van der Waals surface area contributed by atoms with Crippen molar-refractivity contribution >= 4 is 5.69 Å². The number of benzene rings is 1. The first-order valence-corrected chi connectivity index (χ1v) is 5.23. The number of hydrogen-bond acceptors (Lipinski definition) is 4. The molecule has 4 nitrogen and oxygen atoms in total. The van der Waals surface area contributed by atoms with Gasteiger partial charge in [-0.15, -0.1) is 0 Å². The number of pyridine rings is 1. The summed E-state index contributed by atoms with van der Waals surface area (Å²) in [4.78, 5) is 4.15. The monoisotopic (exact) mass is 230 g/mol. The normalized spacial score (nSPS) is 10.0. The molecule has 2 rings (SSSR count). The van der Waals surface area contributed by atoms with E-state index >= 15 is 0 Å². The molecule has 0 amide bonds. The molecule has 1 heterocycles. The minimum absolute atomic E-state index is 0.547. The minimum Gasteiger partial charge on any atom is -0.497 e. The van der Waals surface area contributed by atoms with Gasteiger partial charge in [-0.05, 0) is 25.1 Å². The molecular weight excluding hydrogens is 216 g/mol. The maximum Gasteiger partial charge on any atom is 0.222 e. The number of methoxy groups -OCH3 is 1. The van der Waals surface area contributed by atoms with Crippen LogP contribution in [0.4, 0.5) is 5.69 Å². The topological polar surface area (TPSA) is 57.4 Å². The Hall–Kier alpha value is -2.23. The number of anilines is 1. The SMILES string of the molecule is COc1ccc(N)c(Oc2ncccc2C)c1. The van der Waals surface area contributed by atoms with Crippen molar-refractivity contribution in [3.63, 3.8) is 0 Å². The highest BCUT2D eigenvalue weighted by Gasteiger charge is 2.06. The van der Waals surface area contributed by atoms with Crippen LogP contribution in [-0.4, -0.2) is 12.1 Å². The Morgan fingerprint density at radius 1 is 1.24 bits per heavy atom. The van der Waals surface area contributed by atoms with Gasteiger partial charge < -0.3 is 15.2 Å². The van der Waals surface area contributed by atoms with Gasteiger partial charge in [0.25, 0.3) is 0 Å². The highest BCUT2D eigenvalue weighted by Crippen LogP contribution is 2.31. The van der Waals surface area contributed by atoms with Gasteiger partial charge in [-0.2, -0.15) is 0 Å². The first-order valence-electron chi connectivity index (χ1n) is 5.23. The summed E-state index contributed by atoms with van der Waals surface area (Å²) >= 11 is 0. The molecule has 4 heteroatoms. The van der Waals surface area contributed by atoms with Crippen LogP contribution in [0.25, 0.3) is 0 Å². The van der Waals surface area contributed by atoms with E-state index in [1.165, 1.54) is 0 Å². The molecule has 1 aromatic heterocycles. The predicted molar refractivity (Wildman–Crippen MR) is 66.5 cm³/mol. The first-order chi connectivity index (χ1) is 8.20. The van der Waals surface area contributed by atoms with Gasteiger partial charge in [0.1, 0.15) is 5.75 Å². The summed E-state index contributed by atoms with van der Waals surface area (Å²) in [5.41, 5.74) is 7.34. The Bertz CT molecular complexity index is 527. The van der Waals surface area contributed by atoms with Gasteiger partial charge >= 0.3 is 0 Å². The van der Waals surface area contributed by atoms with E-state index in [0.29, 0.717) is 23.1 Å². The van der Waals surface area contributed by atoms with Crippen molar-refractivity contribution in [2.24, 2.45) is 0 Å². The second-order valence-electron chi connectivity index (χ2n) is 3.63. The number of ether oxygens (including phenoxy) is 2. The van der Waals surface area contributed by atoms with Gasteiger partial charge in [0.05, 0.1) is 12.8 Å². The van der Waals surface area contributed by atoms with Crippen LogP contribution in [0.3, 0.4) is 0 Å². The zero-order chi connectivity index (χ0) is 12.3. The molecule has 88 valence electrons. The van der Waals surface area contributed by atoms with E-state index in [0.717, 1.165) is 5.56 Å². The average molecular weight is 230 g/mol. The zero-order valence-corrected chi connectivity index (χ0v) is 9.81. The van der Waals surface area contributed by atoms with Crippen molar-refractivity contribution in [2.45, 2.75) is 6.92 Å². The van der Waals surface area contributed by atoms with Crippen LogP contribution in [0.2, 0.25) is 0 Å². The Morgan fingerprint density at radius 2 is 2.06 bits per heavy atom. The fourth-order valence-electron chi connectivity index (χ4n) is 1.41. The van der Waals surface area contributed by atoms with E-state index in [2.05, 4.69) is 4.98 Å². The lowest BCUT2D eigenvalue weighted by Gasteiger charge is -2.10. The highest BCUT2D eigenvalue weighted by atomic mass is 16.5. The van der Waals surface area contributed by atoms with Crippen molar-refractivity contribution in [1.82, 2.24) is 4.98 Å². The van der Waals surface area contributed by atoms with E-state index in [1.807, 2.05) is 19.1 Å². The summed E-state index contributed by atoms with van der Waals surface area (Å²) in [7, 11) is 1.60. The van der Waals surface area contributed by atoms with E-state index in [9.17, 15) is 0 Å². The van der Waals surface area contributed by atoms with Crippen LogP contribution >= 0.6 is 0 Å². The van der Waals surface area contributed by atoms with Crippen molar-refractivity contribution < 1.29 is 9.47 Å². The summed E-state index contributed by atoms with van der Waals surface area (Å²) in [6.45, 7) is 1.93. The van der Waals surface area contributed by atoms with E-state index in [4.69, 9.17) is 15.2 Å². The van der Waals surface area contributed by atoms with Gasteiger partial charge in [0.2, 0.25) is 5.88 Å². The van der Waals surface area contributed by atoms with E-state index in [-0.39, 0.29) is 0 Å². The molecule has 0 aliphatic carbocycles. The highest BCUT2D eigenvalue weighted by molar-refractivity contribution is 5.56. The summed E-state index contributed by atoms with van der Waals surface area (Å²) in [6, 6.07) is 9.05. The number of rotatable bonds is 3. The number of nitrogens with zero attached hydrogens (tertiary/aromatic N) is 1. The third-order valence-corrected chi connectivity index (χ3v) is 2.39. The molecule has 17 heavy (non-hydrogen) atoms. The molecule has 0 unspecified atom stereocenters. The van der Waals surface area contributed by atoms with Crippen LogP contribution in [0, 0.1) is 6.92 Å². The first kappa shape index (κ1) is 11.3. The van der Waals surface area contributed by atoms with Crippen LogP contribution < -0.4 is 15.2 Å². The lowest BCUT2D eigenvalue weighted by molar-refractivity contribution is 0.407. The zero-order valence-electron chi connectivity index (χ0n) is 9.81. The van der Waals surface area contributed by atoms with Crippen LogP contribution in [0.1, 0.15) is 5.56 Å². The van der Waals surface area contributed by atoms with Gasteiger partial charge in [-0.25, -0.2) is 4.98 Å². The fourth-order valence-corrected chi connectivity index (χ4v) is 1.41. The number of nitrogen functional groups attached to an aromatic ring is 1. The summed E-state index contributed by atoms with van der Waals surface area (Å²) in [6.07, 6.45) is 1.68. The Labute approximate surface area is 100 Å². The molecule has 0 radical (unpaired) electrons. The largest absolute Gasteiger partial charge is 0.497 e. The smallest absolute Gasteiger partial charge is 0.222 e. The Morgan fingerprint density at radius 3 is 2.76 bits per heavy atom. The second kappa shape index (κ2) is 4.74. The standard InChI is InChI=1S/C13H14N2O2/c1-9-4-3-7-15-13(9)17-12-8-10(16-2)5-6-11(12)14/h3-8H,14H2,1-2H3. The summed E-state index contributed by atoms with van der Waals surface area (Å²) < 4.78 is 10.8. The molecule has 0 aliphatic heterocycles. The number of hydrogen-bond donors (Lipinski definition) is 1. The van der Waals surface area contributed by atoms with Gasteiger partial charge in [-0.3, -0.25) is 0 Å². The van der Waals surface area contributed by atoms with E-state index < -0.39 is 0 Å². The summed E-state index contributed by atoms with van der Waals surface area (Å²) in [5, 5.41) is 0. The lowest BCUT2D eigenvalue weighted by Crippen LogP contribution is -1.96. The minimum atomic E-state index is 0.547. The number of aromatic nitrogens is 1. The number of nitrogens with two attached hydrogens (primary N) is 1. The molecule has 0 aliphatic rings. The maximum absolute atomic E-state index is 5.83. The quantitative estimate of drug-likeness (QED) is 0.824. The Kier molecular flexibility index (Phi) is 3.14. The van der Waals surface area contributed by atoms with Gasteiger partial charge in [-0.1, -0.05) is 6.07 Å². The third-order valence-electron chi connectivity index (χ3n) is 2.39. The van der Waals surface area contributed by atoms with E-state index in [1.54, 1.807) is 31.5 Å². The van der Waals surface area contributed by atoms with Gasteiger partial charge in [0.15, 0.2) is 5.75 Å². The predicted octanol–water partition coefficient (Wildman–Crippen LogP) is 2.77. The molecule has 0 saturated heterocycles. The molecule has 0 saturated carbocycles.